The van der Waals surface area contributed by atoms with Crippen LogP contribution in [0.25, 0.3) is 11.4 Å². The van der Waals surface area contributed by atoms with Crippen LogP contribution in [0.1, 0.15) is 31.7 Å². The van der Waals surface area contributed by atoms with Gasteiger partial charge in [0, 0.05) is 12.0 Å². The fourth-order valence-corrected chi connectivity index (χ4v) is 2.01. The zero-order valence-electron chi connectivity index (χ0n) is 11.8. The van der Waals surface area contributed by atoms with Crippen molar-refractivity contribution in [3.05, 3.63) is 35.5 Å². The summed E-state index contributed by atoms with van der Waals surface area (Å²) in [4.78, 5) is 15.8. The van der Waals surface area contributed by atoms with Crippen molar-refractivity contribution >= 4 is 5.78 Å². The molecular weight excluding hydrogens is 259 g/mol. The van der Waals surface area contributed by atoms with Crippen molar-refractivity contribution in [2.24, 2.45) is 5.92 Å². The van der Waals surface area contributed by atoms with Crippen molar-refractivity contribution in [2.45, 2.75) is 33.6 Å². The summed E-state index contributed by atoms with van der Waals surface area (Å²) in [6.45, 7) is 5.75. The molecule has 0 amide bonds. The van der Waals surface area contributed by atoms with Crippen LogP contribution in [0.2, 0.25) is 0 Å². The van der Waals surface area contributed by atoms with E-state index in [-0.39, 0.29) is 23.9 Å². The SMILES string of the molecule is Cc1cc(F)cc(-c2noc(CC(=O)CC(C)C)n2)c1. The normalized spacial score (nSPS) is 11.1. The van der Waals surface area contributed by atoms with Gasteiger partial charge in [-0.1, -0.05) is 19.0 Å². The molecule has 2 aromatic rings. The van der Waals surface area contributed by atoms with Gasteiger partial charge in [-0.25, -0.2) is 4.39 Å². The lowest BCUT2D eigenvalue weighted by atomic mass is 10.1. The Bertz CT molecular complexity index is 600. The number of nitrogens with zero attached hydrogens (tertiary/aromatic N) is 2. The number of benzene rings is 1. The largest absolute Gasteiger partial charge is 0.339 e. The molecular formula is C15H17FN2O2. The molecule has 0 aliphatic heterocycles. The van der Waals surface area contributed by atoms with E-state index in [0.29, 0.717) is 23.7 Å². The molecule has 2 rings (SSSR count). The van der Waals surface area contributed by atoms with E-state index in [0.717, 1.165) is 5.56 Å². The fourth-order valence-electron chi connectivity index (χ4n) is 2.01. The van der Waals surface area contributed by atoms with E-state index in [1.165, 1.54) is 12.1 Å². The molecule has 1 aromatic carbocycles. The molecule has 0 saturated heterocycles. The number of carbonyl (C=O) groups excluding carboxylic acids is 1. The van der Waals surface area contributed by atoms with Crippen molar-refractivity contribution in [1.29, 1.82) is 0 Å². The van der Waals surface area contributed by atoms with E-state index in [1.807, 2.05) is 13.8 Å². The Morgan fingerprint density at radius 1 is 1.35 bits per heavy atom. The number of halogens is 1. The first kappa shape index (κ1) is 14.4. The maximum atomic E-state index is 13.3. The number of rotatable bonds is 5. The zero-order chi connectivity index (χ0) is 14.7. The summed E-state index contributed by atoms with van der Waals surface area (Å²) in [5, 5.41) is 3.80. The number of Topliss-reactive ketones (excluding diaryl/α,β-unsaturated/α-hetero) is 1. The standard InChI is InChI=1S/C15H17FN2O2/c1-9(2)4-13(19)8-14-17-15(18-20-14)11-5-10(3)6-12(16)7-11/h5-7,9H,4,8H2,1-3H3. The lowest BCUT2D eigenvalue weighted by Gasteiger charge is -2.00. The molecule has 0 radical (unpaired) electrons. The number of hydrogen-bond acceptors (Lipinski definition) is 4. The third-order valence-electron chi connectivity index (χ3n) is 2.75. The Morgan fingerprint density at radius 3 is 2.75 bits per heavy atom. The maximum Gasteiger partial charge on any atom is 0.234 e. The number of ketones is 1. The van der Waals surface area contributed by atoms with E-state index < -0.39 is 0 Å². The summed E-state index contributed by atoms with van der Waals surface area (Å²) in [7, 11) is 0. The quantitative estimate of drug-likeness (QED) is 0.840. The van der Waals surface area contributed by atoms with Crippen LogP contribution in [0.3, 0.4) is 0 Å². The van der Waals surface area contributed by atoms with Crippen LogP contribution in [0.4, 0.5) is 4.39 Å². The molecule has 5 heteroatoms. The highest BCUT2D eigenvalue weighted by Crippen LogP contribution is 2.19. The maximum absolute atomic E-state index is 13.3. The van der Waals surface area contributed by atoms with Crippen molar-refractivity contribution in [3.8, 4) is 11.4 Å². The van der Waals surface area contributed by atoms with Gasteiger partial charge in [0.15, 0.2) is 0 Å². The summed E-state index contributed by atoms with van der Waals surface area (Å²) in [5.41, 5.74) is 1.33. The summed E-state index contributed by atoms with van der Waals surface area (Å²) >= 11 is 0. The van der Waals surface area contributed by atoms with Crippen LogP contribution in [-0.4, -0.2) is 15.9 Å². The van der Waals surface area contributed by atoms with Crippen molar-refractivity contribution in [1.82, 2.24) is 10.1 Å². The third-order valence-corrected chi connectivity index (χ3v) is 2.75. The monoisotopic (exact) mass is 276 g/mol. The highest BCUT2D eigenvalue weighted by molar-refractivity contribution is 5.80. The van der Waals surface area contributed by atoms with Gasteiger partial charge >= 0.3 is 0 Å². The summed E-state index contributed by atoms with van der Waals surface area (Å²) < 4.78 is 18.4. The van der Waals surface area contributed by atoms with Crippen LogP contribution in [0, 0.1) is 18.7 Å². The molecule has 1 heterocycles. The van der Waals surface area contributed by atoms with Crippen LogP contribution in [-0.2, 0) is 11.2 Å². The van der Waals surface area contributed by atoms with E-state index in [4.69, 9.17) is 4.52 Å². The van der Waals surface area contributed by atoms with Gasteiger partial charge in [0.25, 0.3) is 0 Å². The van der Waals surface area contributed by atoms with Gasteiger partial charge in [-0.3, -0.25) is 4.79 Å². The zero-order valence-corrected chi connectivity index (χ0v) is 11.8. The third kappa shape index (κ3) is 3.73. The van der Waals surface area contributed by atoms with Crippen LogP contribution < -0.4 is 0 Å². The lowest BCUT2D eigenvalue weighted by Crippen LogP contribution is -2.06. The molecule has 0 unspecified atom stereocenters. The number of hydrogen-bond donors (Lipinski definition) is 0. The molecule has 0 aliphatic rings. The molecule has 0 saturated carbocycles. The first-order valence-corrected chi connectivity index (χ1v) is 6.56. The highest BCUT2D eigenvalue weighted by atomic mass is 19.1. The molecule has 4 nitrogen and oxygen atoms in total. The number of carbonyl (C=O) groups is 1. The van der Waals surface area contributed by atoms with Crippen LogP contribution >= 0.6 is 0 Å². The molecule has 0 bridgehead atoms. The summed E-state index contributed by atoms with van der Waals surface area (Å²) in [6, 6.07) is 4.54. The Labute approximate surface area is 117 Å². The van der Waals surface area contributed by atoms with E-state index in [1.54, 1.807) is 13.0 Å². The van der Waals surface area contributed by atoms with Crippen LogP contribution in [0.15, 0.2) is 22.7 Å². The summed E-state index contributed by atoms with van der Waals surface area (Å²) in [6.07, 6.45) is 0.607. The number of aromatic nitrogens is 2. The molecule has 0 aliphatic carbocycles. The average Bonchev–Trinajstić information content (AvgIpc) is 2.74. The average molecular weight is 276 g/mol. The van der Waals surface area contributed by atoms with E-state index in [2.05, 4.69) is 10.1 Å². The Kier molecular flexibility index (Phi) is 4.27. The van der Waals surface area contributed by atoms with Gasteiger partial charge in [0.1, 0.15) is 11.6 Å². The predicted molar refractivity (Wildman–Crippen MR) is 72.6 cm³/mol. The second kappa shape index (κ2) is 5.94. The fraction of sp³-hybridized carbons (Fsp3) is 0.400. The molecule has 106 valence electrons. The smallest absolute Gasteiger partial charge is 0.234 e. The Morgan fingerprint density at radius 2 is 2.10 bits per heavy atom. The second-order valence-electron chi connectivity index (χ2n) is 5.34. The molecule has 1 aromatic heterocycles. The first-order valence-electron chi connectivity index (χ1n) is 6.56. The molecule has 20 heavy (non-hydrogen) atoms. The summed E-state index contributed by atoms with van der Waals surface area (Å²) in [5.74, 6) is 0.594. The Balaban J connectivity index is 2.14. The molecule has 0 spiro atoms. The second-order valence-corrected chi connectivity index (χ2v) is 5.34. The van der Waals surface area contributed by atoms with E-state index >= 15 is 0 Å². The van der Waals surface area contributed by atoms with Gasteiger partial charge in [0.05, 0.1) is 6.42 Å². The van der Waals surface area contributed by atoms with Gasteiger partial charge < -0.3 is 4.52 Å². The number of aryl methyl sites for hydroxylation is 1. The van der Waals surface area contributed by atoms with Gasteiger partial charge in [-0.05, 0) is 36.6 Å². The van der Waals surface area contributed by atoms with E-state index in [9.17, 15) is 9.18 Å². The van der Waals surface area contributed by atoms with Crippen molar-refractivity contribution in [2.75, 3.05) is 0 Å². The van der Waals surface area contributed by atoms with Crippen molar-refractivity contribution < 1.29 is 13.7 Å². The van der Waals surface area contributed by atoms with Gasteiger partial charge in [-0.15, -0.1) is 0 Å². The van der Waals surface area contributed by atoms with Crippen molar-refractivity contribution in [3.63, 3.8) is 0 Å². The molecule has 0 N–H and O–H groups in total. The minimum Gasteiger partial charge on any atom is -0.339 e. The minimum absolute atomic E-state index is 0.0608. The Hall–Kier alpha value is -2.04. The lowest BCUT2D eigenvalue weighted by molar-refractivity contribution is -0.119. The highest BCUT2D eigenvalue weighted by Gasteiger charge is 2.14. The minimum atomic E-state index is -0.345. The molecule has 0 atom stereocenters. The van der Waals surface area contributed by atoms with Crippen LogP contribution in [0.5, 0.6) is 0 Å². The predicted octanol–water partition coefficient (Wildman–Crippen LogP) is 3.34. The van der Waals surface area contributed by atoms with Gasteiger partial charge in [-0.2, -0.15) is 4.98 Å². The topological polar surface area (TPSA) is 56.0 Å². The first-order chi connectivity index (χ1) is 9.44. The molecule has 0 fully saturated rings. The van der Waals surface area contributed by atoms with Gasteiger partial charge in [0.2, 0.25) is 11.7 Å².